The zero-order chi connectivity index (χ0) is 14.6. The van der Waals surface area contributed by atoms with Crippen LogP contribution in [-0.2, 0) is 4.74 Å². The maximum Gasteiger partial charge on any atom is 0.351 e. The van der Waals surface area contributed by atoms with Crippen LogP contribution in [0.2, 0.25) is 0 Å². The average Bonchev–Trinajstić information content (AvgIpc) is 2.39. The SMILES string of the molecule is COC(CO)C(C)(CO)C(F)n1ccc(N)nc1=O. The number of halogens is 1. The third-order valence-electron chi connectivity index (χ3n) is 3.17. The average molecular weight is 275 g/mol. The number of hydrogen-bond donors (Lipinski definition) is 3. The molecule has 0 amide bonds. The van der Waals surface area contributed by atoms with E-state index >= 15 is 0 Å². The molecule has 0 aliphatic carbocycles. The van der Waals surface area contributed by atoms with Crippen LogP contribution in [0.3, 0.4) is 0 Å². The fraction of sp³-hybridized carbons (Fsp3) is 0.636. The first kappa shape index (κ1) is 15.5. The maximum absolute atomic E-state index is 14.5. The van der Waals surface area contributed by atoms with Gasteiger partial charge in [0.05, 0.1) is 24.7 Å². The molecular formula is C11H18FN3O4. The van der Waals surface area contributed by atoms with E-state index in [0.29, 0.717) is 4.57 Å². The smallest absolute Gasteiger partial charge is 0.351 e. The number of hydrogen-bond acceptors (Lipinski definition) is 6. The third kappa shape index (κ3) is 2.91. The zero-order valence-corrected chi connectivity index (χ0v) is 10.8. The van der Waals surface area contributed by atoms with Gasteiger partial charge in [0.1, 0.15) is 5.82 Å². The van der Waals surface area contributed by atoms with Gasteiger partial charge in [0.2, 0.25) is 0 Å². The van der Waals surface area contributed by atoms with Gasteiger partial charge < -0.3 is 20.7 Å². The van der Waals surface area contributed by atoms with Gasteiger partial charge in [0.15, 0.2) is 6.30 Å². The molecule has 3 unspecified atom stereocenters. The van der Waals surface area contributed by atoms with Crippen molar-refractivity contribution in [2.24, 2.45) is 5.41 Å². The number of rotatable bonds is 6. The number of aliphatic hydroxyl groups excluding tert-OH is 2. The van der Waals surface area contributed by atoms with Crippen LogP contribution < -0.4 is 11.4 Å². The van der Waals surface area contributed by atoms with Crippen molar-refractivity contribution in [1.82, 2.24) is 9.55 Å². The molecule has 0 aromatic carbocycles. The topological polar surface area (TPSA) is 111 Å². The lowest BCUT2D eigenvalue weighted by Gasteiger charge is -2.37. The predicted octanol–water partition coefficient (Wildman–Crippen LogP) is -0.700. The van der Waals surface area contributed by atoms with Crippen LogP contribution in [0, 0.1) is 5.41 Å². The van der Waals surface area contributed by atoms with Gasteiger partial charge in [0.25, 0.3) is 0 Å². The molecule has 0 aliphatic rings. The van der Waals surface area contributed by atoms with Crippen LogP contribution in [0.15, 0.2) is 17.1 Å². The van der Waals surface area contributed by atoms with Crippen molar-refractivity contribution in [3.05, 3.63) is 22.7 Å². The Morgan fingerprint density at radius 1 is 1.63 bits per heavy atom. The molecule has 8 heteroatoms. The Morgan fingerprint density at radius 2 is 2.26 bits per heavy atom. The second-order valence-electron chi connectivity index (χ2n) is 4.45. The molecule has 1 aromatic heterocycles. The summed E-state index contributed by atoms with van der Waals surface area (Å²) in [4.78, 5) is 15.0. The van der Waals surface area contributed by atoms with Gasteiger partial charge in [-0.25, -0.2) is 9.18 Å². The van der Waals surface area contributed by atoms with Crippen molar-refractivity contribution in [2.75, 3.05) is 26.1 Å². The highest BCUT2D eigenvalue weighted by Crippen LogP contribution is 2.36. The lowest BCUT2D eigenvalue weighted by atomic mass is 9.83. The summed E-state index contributed by atoms with van der Waals surface area (Å²) >= 11 is 0. The Morgan fingerprint density at radius 3 is 2.68 bits per heavy atom. The lowest BCUT2D eigenvalue weighted by Crippen LogP contribution is -2.47. The van der Waals surface area contributed by atoms with E-state index in [2.05, 4.69) is 4.98 Å². The fourth-order valence-corrected chi connectivity index (χ4v) is 1.80. The summed E-state index contributed by atoms with van der Waals surface area (Å²) < 4.78 is 20.2. The van der Waals surface area contributed by atoms with Gasteiger partial charge in [0, 0.05) is 13.3 Å². The minimum atomic E-state index is -1.92. The number of nitrogens with zero attached hydrogens (tertiary/aromatic N) is 2. The van der Waals surface area contributed by atoms with E-state index in [9.17, 15) is 19.4 Å². The molecule has 3 atom stereocenters. The van der Waals surface area contributed by atoms with E-state index in [1.165, 1.54) is 20.1 Å². The number of aliphatic hydroxyl groups is 2. The normalized spacial score (nSPS) is 17.7. The molecule has 0 spiro atoms. The van der Waals surface area contributed by atoms with Crippen LogP contribution >= 0.6 is 0 Å². The molecule has 0 saturated carbocycles. The number of alkyl halides is 1. The Hall–Kier alpha value is -1.51. The number of nitrogens with two attached hydrogens (primary N) is 1. The van der Waals surface area contributed by atoms with Crippen molar-refractivity contribution < 1.29 is 19.3 Å². The molecule has 0 radical (unpaired) electrons. The summed E-state index contributed by atoms with van der Waals surface area (Å²) in [5, 5.41) is 18.6. The molecule has 7 nitrogen and oxygen atoms in total. The Kier molecular flexibility index (Phi) is 4.98. The fourth-order valence-electron chi connectivity index (χ4n) is 1.80. The second-order valence-corrected chi connectivity index (χ2v) is 4.45. The maximum atomic E-state index is 14.5. The van der Waals surface area contributed by atoms with Gasteiger partial charge in [-0.2, -0.15) is 4.98 Å². The van der Waals surface area contributed by atoms with E-state index in [4.69, 9.17) is 10.5 Å². The molecule has 0 fully saturated rings. The van der Waals surface area contributed by atoms with E-state index in [1.54, 1.807) is 0 Å². The van der Waals surface area contributed by atoms with Crippen molar-refractivity contribution in [3.63, 3.8) is 0 Å². The molecule has 4 N–H and O–H groups in total. The van der Waals surface area contributed by atoms with Crippen molar-refractivity contribution >= 4 is 5.82 Å². The number of ether oxygens (including phenoxy) is 1. The molecule has 108 valence electrons. The van der Waals surface area contributed by atoms with Gasteiger partial charge >= 0.3 is 5.69 Å². The molecule has 0 bridgehead atoms. The van der Waals surface area contributed by atoms with Crippen LogP contribution in [0.1, 0.15) is 13.2 Å². The highest BCUT2D eigenvalue weighted by Gasteiger charge is 2.43. The summed E-state index contributed by atoms with van der Waals surface area (Å²) in [6.07, 6.45) is -1.75. The van der Waals surface area contributed by atoms with Crippen LogP contribution in [-0.4, -0.2) is 46.2 Å². The first-order valence-electron chi connectivity index (χ1n) is 5.64. The van der Waals surface area contributed by atoms with Gasteiger partial charge in [-0.3, -0.25) is 4.57 Å². The summed E-state index contributed by atoms with van der Waals surface area (Å²) in [6.45, 7) is 0.250. The quantitative estimate of drug-likeness (QED) is 0.633. The molecular weight excluding hydrogens is 257 g/mol. The van der Waals surface area contributed by atoms with Crippen molar-refractivity contribution in [2.45, 2.75) is 19.3 Å². The van der Waals surface area contributed by atoms with Crippen molar-refractivity contribution in [3.8, 4) is 0 Å². The van der Waals surface area contributed by atoms with Gasteiger partial charge in [-0.1, -0.05) is 6.92 Å². The van der Waals surface area contributed by atoms with Crippen LogP contribution in [0.25, 0.3) is 0 Å². The molecule has 1 rings (SSSR count). The summed E-state index contributed by atoms with van der Waals surface area (Å²) in [7, 11) is 1.28. The van der Waals surface area contributed by atoms with E-state index in [1.807, 2.05) is 0 Å². The third-order valence-corrected chi connectivity index (χ3v) is 3.17. The standard InChI is InChI=1S/C11H18FN3O4/c1-11(6-17,7(5-16)19-2)9(12)15-4-3-8(13)14-10(15)18/h3-4,7,9,16-17H,5-6H2,1-2H3,(H2,13,14,18). The Balaban J connectivity index is 3.21. The summed E-state index contributed by atoms with van der Waals surface area (Å²) in [5.41, 5.74) is 2.95. The lowest BCUT2D eigenvalue weighted by molar-refractivity contribution is -0.119. The highest BCUT2D eigenvalue weighted by molar-refractivity contribution is 5.23. The molecule has 0 aliphatic heterocycles. The van der Waals surface area contributed by atoms with Crippen LogP contribution in [0.5, 0.6) is 0 Å². The minimum Gasteiger partial charge on any atom is -0.396 e. The largest absolute Gasteiger partial charge is 0.396 e. The van der Waals surface area contributed by atoms with E-state index in [0.717, 1.165) is 6.20 Å². The first-order valence-corrected chi connectivity index (χ1v) is 5.64. The minimum absolute atomic E-state index is 0.0235. The second kappa shape index (κ2) is 6.09. The summed E-state index contributed by atoms with van der Waals surface area (Å²) in [5.74, 6) is -0.0235. The van der Waals surface area contributed by atoms with Crippen molar-refractivity contribution in [1.29, 1.82) is 0 Å². The van der Waals surface area contributed by atoms with E-state index < -0.39 is 36.7 Å². The number of methoxy groups -OCH3 is 1. The summed E-state index contributed by atoms with van der Waals surface area (Å²) in [6, 6.07) is 1.27. The number of anilines is 1. The number of nitrogen functional groups attached to an aromatic ring is 1. The molecule has 0 saturated heterocycles. The highest BCUT2D eigenvalue weighted by atomic mass is 19.1. The van der Waals surface area contributed by atoms with Gasteiger partial charge in [-0.05, 0) is 6.07 Å². The molecule has 1 aromatic rings. The zero-order valence-electron chi connectivity index (χ0n) is 10.8. The molecule has 1 heterocycles. The first-order chi connectivity index (χ1) is 8.90. The Labute approximate surface area is 109 Å². The van der Waals surface area contributed by atoms with E-state index in [-0.39, 0.29) is 5.82 Å². The monoisotopic (exact) mass is 275 g/mol. The van der Waals surface area contributed by atoms with Gasteiger partial charge in [-0.15, -0.1) is 0 Å². The van der Waals surface area contributed by atoms with Crippen LogP contribution in [0.4, 0.5) is 10.2 Å². The Bertz CT molecular complexity index is 477. The number of aromatic nitrogens is 2. The molecule has 19 heavy (non-hydrogen) atoms. The predicted molar refractivity (Wildman–Crippen MR) is 66.1 cm³/mol.